The predicted octanol–water partition coefficient (Wildman–Crippen LogP) is 9.92. The van der Waals surface area contributed by atoms with Crippen molar-refractivity contribution in [2.45, 2.75) is 40.6 Å². The largest absolute Gasteiger partial charge is 0.147 e. The molecule has 2 unspecified atom stereocenters. The Bertz CT molecular complexity index is 1770. The van der Waals surface area contributed by atoms with Crippen LogP contribution in [-0.4, -0.2) is 6.88 Å². The molecule has 0 nitrogen and oxygen atoms in total. The first kappa shape index (κ1) is 29.3. The molecule has 2 atom stereocenters. The molecule has 0 fully saturated rings. The molecule has 0 bridgehead atoms. The van der Waals surface area contributed by atoms with Gasteiger partial charge in [0.05, 0.1) is 0 Å². The van der Waals surface area contributed by atoms with Gasteiger partial charge in [-0.3, -0.25) is 0 Å². The molecule has 6 rings (SSSR count). The molecule has 4 aromatic carbocycles. The fourth-order valence-electron chi connectivity index (χ4n) is 7.42. The quantitative estimate of drug-likeness (QED) is 0.155. The van der Waals surface area contributed by atoms with E-state index in [0.717, 1.165) is 0 Å². The fourth-order valence-corrected chi connectivity index (χ4v) is 25.9. The van der Waals surface area contributed by atoms with E-state index in [1.165, 1.54) is 43.8 Å². The fraction of sp³-hybridized carbons (Fsp3) is 0.235. The van der Waals surface area contributed by atoms with Crippen LogP contribution in [0.15, 0.2) is 105 Å². The third-order valence-electron chi connectivity index (χ3n) is 9.48. The van der Waals surface area contributed by atoms with Crippen LogP contribution in [0, 0.1) is 5.92 Å². The van der Waals surface area contributed by atoms with Gasteiger partial charge in [0.25, 0.3) is 0 Å². The summed E-state index contributed by atoms with van der Waals surface area (Å²) < 4.78 is 7.74. The summed E-state index contributed by atoms with van der Waals surface area (Å²) in [4.78, 5) is 0. The van der Waals surface area contributed by atoms with E-state index in [4.69, 9.17) is 0 Å². The first-order valence-corrected chi connectivity index (χ1v) is 26.7. The molecule has 0 saturated carbocycles. The van der Waals surface area contributed by atoms with Gasteiger partial charge >= 0.3 is 220 Å². The standard InChI is InChI=1S/C23H15.C9H13.2CH3.2ClH.H2Si.Zr/c1-2-8-18-15-23-19(14-17(18)7-1)9-5-11-21(23)22-13-12-16-6-3-4-10-20(16)22;1-6-5-7(2)9(4)8(6)3;;;;;;/h1-15H;6H,1-4H3;2*1H3;2*1H;1H2;. The van der Waals surface area contributed by atoms with E-state index in [1.54, 1.807) is 16.7 Å². The Morgan fingerprint density at radius 3 is 1.92 bits per heavy atom. The molecular weight excluding hydrogens is 599 g/mol. The summed E-state index contributed by atoms with van der Waals surface area (Å²) in [5.41, 5.74) is 10.5. The van der Waals surface area contributed by atoms with Crippen LogP contribution in [-0.2, 0) is 17.4 Å². The van der Waals surface area contributed by atoms with Gasteiger partial charge in [0.15, 0.2) is 0 Å². The van der Waals surface area contributed by atoms with E-state index >= 15 is 0 Å². The summed E-state index contributed by atoms with van der Waals surface area (Å²) >= 11 is -3.43. The summed E-state index contributed by atoms with van der Waals surface area (Å²) in [7, 11) is 0. The molecule has 38 heavy (non-hydrogen) atoms. The van der Waals surface area contributed by atoms with Crippen LogP contribution in [0.25, 0.3) is 27.1 Å². The Hall–Kier alpha value is -1.70. The van der Waals surface area contributed by atoms with Crippen molar-refractivity contribution in [3.8, 4) is 0 Å². The van der Waals surface area contributed by atoms with E-state index in [1.807, 2.05) is 3.28 Å². The molecule has 0 heterocycles. The van der Waals surface area contributed by atoms with Gasteiger partial charge in [0, 0.05) is 0 Å². The number of halogens is 2. The maximum absolute atomic E-state index is 3.43. The van der Waals surface area contributed by atoms with Crippen molar-refractivity contribution in [1.29, 1.82) is 0 Å². The van der Waals surface area contributed by atoms with E-state index in [-0.39, 0.29) is 24.8 Å². The van der Waals surface area contributed by atoms with Gasteiger partial charge in [-0.15, -0.1) is 24.8 Å². The molecule has 0 aliphatic heterocycles. The predicted molar refractivity (Wildman–Crippen MR) is 173 cm³/mol. The topological polar surface area (TPSA) is 0 Å². The Morgan fingerprint density at radius 2 is 1.26 bits per heavy atom. The molecule has 4 heteroatoms. The summed E-state index contributed by atoms with van der Waals surface area (Å²) in [6.07, 6.45) is 2.68. The minimum absolute atomic E-state index is 0. The van der Waals surface area contributed by atoms with Gasteiger partial charge in [-0.2, -0.15) is 0 Å². The molecule has 0 saturated heterocycles. The molecule has 2 aliphatic rings. The number of benzene rings is 4. The second kappa shape index (κ2) is 10.0. The molecule has 196 valence electrons. The number of hydrogen-bond donors (Lipinski definition) is 0. The molecule has 0 amide bonds. The summed E-state index contributed by atoms with van der Waals surface area (Å²) in [5.74, 6) is 0.566. The first-order valence-electron chi connectivity index (χ1n) is 13.3. The number of rotatable bonds is 3. The van der Waals surface area contributed by atoms with Crippen LogP contribution in [0.1, 0.15) is 48.0 Å². The minimum Gasteiger partial charge on any atom is -0.147 e. The smallest absolute Gasteiger partial charge is 0.147 e. The zero-order valence-electron chi connectivity index (χ0n) is 23.3. The average Bonchev–Trinajstić information content (AvgIpc) is 3.35. The van der Waals surface area contributed by atoms with Crippen molar-refractivity contribution < 1.29 is 17.4 Å². The molecule has 0 spiro atoms. The van der Waals surface area contributed by atoms with Crippen LogP contribution in [0.3, 0.4) is 0 Å². The normalized spacial score (nSPS) is 19.4. The van der Waals surface area contributed by atoms with Crippen molar-refractivity contribution in [3.63, 3.8) is 0 Å². The number of allylic oxidation sites excluding steroid dienone is 5. The van der Waals surface area contributed by atoms with Gasteiger partial charge in [0.1, 0.15) is 0 Å². The second-order valence-electron chi connectivity index (χ2n) is 12.2. The summed E-state index contributed by atoms with van der Waals surface area (Å²) in [6, 6.07) is 29.6. The van der Waals surface area contributed by atoms with E-state index in [2.05, 4.69) is 129 Å². The van der Waals surface area contributed by atoms with Crippen molar-refractivity contribution in [3.05, 3.63) is 122 Å². The van der Waals surface area contributed by atoms with Crippen molar-refractivity contribution in [1.82, 2.24) is 0 Å². The van der Waals surface area contributed by atoms with Crippen LogP contribution >= 0.6 is 24.8 Å². The van der Waals surface area contributed by atoms with Crippen LogP contribution in [0.4, 0.5) is 0 Å². The van der Waals surface area contributed by atoms with Gasteiger partial charge < -0.3 is 0 Å². The SMILES string of the molecule is CC1=C(C)C(C)[C]([Zr]([CH3])([CH3])(=[SiH2])[CH]2C=C(c3cccc4cc5ccccc5cc34)c3ccccc32)=C1C.Cl.Cl. The van der Waals surface area contributed by atoms with Crippen molar-refractivity contribution in [2.24, 2.45) is 5.92 Å². The van der Waals surface area contributed by atoms with Gasteiger partial charge in [0.2, 0.25) is 0 Å². The van der Waals surface area contributed by atoms with Crippen molar-refractivity contribution in [2.75, 3.05) is 0 Å². The third-order valence-corrected chi connectivity index (χ3v) is 26.7. The first-order chi connectivity index (χ1) is 17.1. The maximum Gasteiger partial charge on any atom is -0.147 e. The van der Waals surface area contributed by atoms with Gasteiger partial charge in [-0.05, 0) is 0 Å². The number of hydrogen-bond acceptors (Lipinski definition) is 0. The summed E-state index contributed by atoms with van der Waals surface area (Å²) in [5, 5.41) is 5.30. The Balaban J connectivity index is 0.00000168. The molecule has 0 aromatic heterocycles. The monoisotopic (exact) mass is 634 g/mol. The average molecular weight is 637 g/mol. The molecule has 4 aromatic rings. The van der Waals surface area contributed by atoms with E-state index in [0.29, 0.717) is 9.54 Å². The molecule has 0 N–H and O–H groups in total. The Labute approximate surface area is 242 Å². The van der Waals surface area contributed by atoms with Crippen LogP contribution in [0.2, 0.25) is 9.26 Å². The summed E-state index contributed by atoms with van der Waals surface area (Å²) in [6.45, 7) is 12.0. The molecule has 2 aliphatic carbocycles. The number of fused-ring (bicyclic) bond motifs is 3. The molecule has 0 radical (unpaired) electrons. The Morgan fingerprint density at radius 1 is 0.684 bits per heavy atom. The van der Waals surface area contributed by atoms with E-state index in [9.17, 15) is 0 Å². The van der Waals surface area contributed by atoms with Crippen LogP contribution in [0.5, 0.6) is 0 Å². The third kappa shape index (κ3) is 4.28. The van der Waals surface area contributed by atoms with Gasteiger partial charge in [-0.1, -0.05) is 0 Å². The Kier molecular flexibility index (Phi) is 7.74. The minimum atomic E-state index is -3.43. The van der Waals surface area contributed by atoms with Crippen LogP contribution < -0.4 is 0 Å². The van der Waals surface area contributed by atoms with E-state index < -0.39 is 17.4 Å². The van der Waals surface area contributed by atoms with Gasteiger partial charge in [-0.25, -0.2) is 0 Å². The molecular formula is C34H38Cl2SiZr. The zero-order chi connectivity index (χ0) is 25.4. The van der Waals surface area contributed by atoms with Crippen molar-refractivity contribution >= 4 is 58.8 Å². The maximum atomic E-state index is 2.71. The second-order valence-corrected chi connectivity index (χ2v) is 41.8. The zero-order valence-corrected chi connectivity index (χ0v) is 28.8.